The Labute approximate surface area is 128 Å². The van der Waals surface area contributed by atoms with Crippen LogP contribution in [-0.4, -0.2) is 20.0 Å². The standard InChI is InChI=1S/C16H14N4S/c1-2-14(16(21)17-12-8-4-3-5-9-12)20-15-11-7-6-10-13(15)18-19-20/h2-11H,1H3,(H,17,21)/b14-2+. The first-order chi connectivity index (χ1) is 10.3. The van der Waals surface area contributed by atoms with Crippen LogP contribution in [-0.2, 0) is 0 Å². The molecule has 21 heavy (non-hydrogen) atoms. The number of nitrogens with zero attached hydrogens (tertiary/aromatic N) is 3. The van der Waals surface area contributed by atoms with E-state index in [4.69, 9.17) is 12.2 Å². The van der Waals surface area contributed by atoms with Gasteiger partial charge in [0, 0.05) is 5.69 Å². The Kier molecular flexibility index (Phi) is 3.75. The summed E-state index contributed by atoms with van der Waals surface area (Å²) in [6.07, 6.45) is 1.93. The Bertz CT molecular complexity index is 805. The van der Waals surface area contributed by atoms with Crippen LogP contribution < -0.4 is 5.32 Å². The molecule has 3 rings (SSSR count). The highest BCUT2D eigenvalue weighted by atomic mass is 32.1. The van der Waals surface area contributed by atoms with Gasteiger partial charge in [-0.1, -0.05) is 53.8 Å². The van der Waals surface area contributed by atoms with Gasteiger partial charge >= 0.3 is 0 Å². The first-order valence-electron chi connectivity index (χ1n) is 6.63. The molecule has 1 N–H and O–H groups in total. The molecule has 0 saturated heterocycles. The predicted octanol–water partition coefficient (Wildman–Crippen LogP) is 3.73. The van der Waals surface area contributed by atoms with Gasteiger partial charge < -0.3 is 5.32 Å². The Morgan fingerprint density at radius 1 is 1.10 bits per heavy atom. The minimum absolute atomic E-state index is 0.611. The SMILES string of the molecule is C/C=C(\C(=S)Nc1ccccc1)n1nnc2ccccc21. The number of para-hydroxylation sites is 2. The number of anilines is 1. The molecule has 0 aliphatic rings. The monoisotopic (exact) mass is 294 g/mol. The molecule has 0 atom stereocenters. The van der Waals surface area contributed by atoms with E-state index in [9.17, 15) is 0 Å². The number of allylic oxidation sites excluding steroid dienone is 1. The van der Waals surface area contributed by atoms with E-state index >= 15 is 0 Å². The van der Waals surface area contributed by atoms with Gasteiger partial charge in [-0.2, -0.15) is 0 Å². The van der Waals surface area contributed by atoms with Crippen molar-refractivity contribution >= 4 is 39.6 Å². The van der Waals surface area contributed by atoms with E-state index < -0.39 is 0 Å². The number of rotatable bonds is 3. The Morgan fingerprint density at radius 2 is 1.81 bits per heavy atom. The predicted molar refractivity (Wildman–Crippen MR) is 90.1 cm³/mol. The zero-order valence-electron chi connectivity index (χ0n) is 11.5. The number of thiocarbonyl (C=S) groups is 1. The molecule has 0 fully saturated rings. The number of aromatic nitrogens is 3. The van der Waals surface area contributed by atoms with Crippen molar-refractivity contribution in [1.82, 2.24) is 15.0 Å². The Hall–Kier alpha value is -2.53. The number of fused-ring (bicyclic) bond motifs is 1. The molecule has 0 saturated carbocycles. The highest BCUT2D eigenvalue weighted by molar-refractivity contribution is 7.81. The van der Waals surface area contributed by atoms with Crippen molar-refractivity contribution in [1.29, 1.82) is 0 Å². The minimum atomic E-state index is 0.611. The second kappa shape index (κ2) is 5.85. The molecular formula is C16H14N4S. The third kappa shape index (κ3) is 2.68. The molecule has 4 nitrogen and oxygen atoms in total. The molecule has 0 spiro atoms. The summed E-state index contributed by atoms with van der Waals surface area (Å²) < 4.78 is 1.76. The van der Waals surface area contributed by atoms with E-state index in [0.29, 0.717) is 4.99 Å². The molecule has 0 bridgehead atoms. The third-order valence-electron chi connectivity index (χ3n) is 3.12. The van der Waals surface area contributed by atoms with Crippen LogP contribution in [0.15, 0.2) is 60.7 Å². The Morgan fingerprint density at radius 3 is 2.57 bits per heavy atom. The summed E-state index contributed by atoms with van der Waals surface area (Å²) in [7, 11) is 0. The van der Waals surface area contributed by atoms with Gasteiger partial charge in [0.25, 0.3) is 0 Å². The Balaban J connectivity index is 1.94. The van der Waals surface area contributed by atoms with E-state index in [1.54, 1.807) is 4.68 Å². The maximum Gasteiger partial charge on any atom is 0.129 e. The molecule has 0 aliphatic heterocycles. The van der Waals surface area contributed by atoms with Crippen molar-refractivity contribution in [3.8, 4) is 0 Å². The van der Waals surface area contributed by atoms with Crippen LogP contribution >= 0.6 is 12.2 Å². The van der Waals surface area contributed by atoms with Gasteiger partial charge in [0.2, 0.25) is 0 Å². The fourth-order valence-corrected chi connectivity index (χ4v) is 2.44. The summed E-state index contributed by atoms with van der Waals surface area (Å²) >= 11 is 5.50. The van der Waals surface area contributed by atoms with Crippen LogP contribution in [0.4, 0.5) is 5.69 Å². The highest BCUT2D eigenvalue weighted by Crippen LogP contribution is 2.17. The van der Waals surface area contributed by atoms with Crippen molar-refractivity contribution in [3.63, 3.8) is 0 Å². The molecular weight excluding hydrogens is 280 g/mol. The second-order valence-corrected chi connectivity index (χ2v) is 4.89. The smallest absolute Gasteiger partial charge is 0.129 e. The summed E-state index contributed by atoms with van der Waals surface area (Å²) in [6, 6.07) is 17.6. The maximum atomic E-state index is 5.50. The molecule has 0 amide bonds. The quantitative estimate of drug-likeness (QED) is 0.590. The third-order valence-corrected chi connectivity index (χ3v) is 3.43. The molecule has 0 aliphatic carbocycles. The topological polar surface area (TPSA) is 42.7 Å². The lowest BCUT2D eigenvalue weighted by molar-refractivity contribution is 0.849. The fraction of sp³-hybridized carbons (Fsp3) is 0.0625. The summed E-state index contributed by atoms with van der Waals surface area (Å²) in [5.41, 5.74) is 3.54. The van der Waals surface area contributed by atoms with Crippen LogP contribution in [0.1, 0.15) is 6.92 Å². The molecule has 0 radical (unpaired) electrons. The number of nitrogens with one attached hydrogen (secondary N) is 1. The van der Waals surface area contributed by atoms with Crippen molar-refractivity contribution in [2.45, 2.75) is 6.92 Å². The van der Waals surface area contributed by atoms with Crippen molar-refractivity contribution in [2.24, 2.45) is 0 Å². The van der Waals surface area contributed by atoms with Crippen LogP contribution in [0.5, 0.6) is 0 Å². The largest absolute Gasteiger partial charge is 0.345 e. The zero-order chi connectivity index (χ0) is 14.7. The number of hydrogen-bond acceptors (Lipinski definition) is 3. The number of hydrogen-bond donors (Lipinski definition) is 1. The molecule has 5 heteroatoms. The van der Waals surface area contributed by atoms with Crippen LogP contribution in [0.3, 0.4) is 0 Å². The molecule has 0 unspecified atom stereocenters. The van der Waals surface area contributed by atoms with Gasteiger partial charge in [-0.15, -0.1) is 5.10 Å². The van der Waals surface area contributed by atoms with Crippen LogP contribution in [0, 0.1) is 0 Å². The van der Waals surface area contributed by atoms with Gasteiger partial charge in [-0.3, -0.25) is 0 Å². The average Bonchev–Trinajstić information content (AvgIpc) is 2.93. The summed E-state index contributed by atoms with van der Waals surface area (Å²) in [4.78, 5) is 0.611. The first kappa shape index (κ1) is 13.5. The molecule has 1 heterocycles. The van der Waals surface area contributed by atoms with Crippen molar-refractivity contribution < 1.29 is 0 Å². The minimum Gasteiger partial charge on any atom is -0.345 e. The van der Waals surface area contributed by atoms with E-state index in [2.05, 4.69) is 15.6 Å². The first-order valence-corrected chi connectivity index (χ1v) is 7.04. The summed E-state index contributed by atoms with van der Waals surface area (Å²) in [6.45, 7) is 1.94. The van der Waals surface area contributed by atoms with Gasteiger partial charge in [0.1, 0.15) is 10.5 Å². The molecule has 3 aromatic rings. The highest BCUT2D eigenvalue weighted by Gasteiger charge is 2.12. The molecule has 1 aromatic heterocycles. The maximum absolute atomic E-state index is 5.50. The van der Waals surface area contributed by atoms with E-state index in [1.807, 2.05) is 67.6 Å². The fourth-order valence-electron chi connectivity index (χ4n) is 2.11. The summed E-state index contributed by atoms with van der Waals surface area (Å²) in [5.74, 6) is 0. The van der Waals surface area contributed by atoms with Crippen molar-refractivity contribution in [3.05, 3.63) is 60.7 Å². The molecule has 2 aromatic carbocycles. The van der Waals surface area contributed by atoms with Gasteiger partial charge in [-0.25, -0.2) is 4.68 Å². The summed E-state index contributed by atoms with van der Waals surface area (Å²) in [5, 5.41) is 11.6. The lowest BCUT2D eigenvalue weighted by Gasteiger charge is -2.11. The van der Waals surface area contributed by atoms with Gasteiger partial charge in [0.05, 0.1) is 11.2 Å². The second-order valence-electron chi connectivity index (χ2n) is 4.48. The van der Waals surface area contributed by atoms with E-state index in [1.165, 1.54) is 0 Å². The lowest BCUT2D eigenvalue weighted by Crippen LogP contribution is -2.16. The van der Waals surface area contributed by atoms with E-state index in [0.717, 1.165) is 22.4 Å². The van der Waals surface area contributed by atoms with E-state index in [-0.39, 0.29) is 0 Å². The van der Waals surface area contributed by atoms with Crippen LogP contribution in [0.25, 0.3) is 16.7 Å². The number of benzene rings is 2. The average molecular weight is 294 g/mol. The zero-order valence-corrected chi connectivity index (χ0v) is 12.3. The van der Waals surface area contributed by atoms with Gasteiger partial charge in [0.15, 0.2) is 0 Å². The van der Waals surface area contributed by atoms with Crippen LogP contribution in [0.2, 0.25) is 0 Å². The lowest BCUT2D eigenvalue weighted by atomic mass is 10.3. The normalized spacial score (nSPS) is 11.6. The van der Waals surface area contributed by atoms with Gasteiger partial charge in [-0.05, 0) is 31.2 Å². The van der Waals surface area contributed by atoms with Crippen molar-refractivity contribution in [2.75, 3.05) is 5.32 Å². The molecule has 104 valence electrons.